The maximum atomic E-state index is 3.45. The zero-order valence-corrected chi connectivity index (χ0v) is 11.6. The van der Waals surface area contributed by atoms with E-state index >= 15 is 0 Å². The average Bonchev–Trinajstić information content (AvgIpc) is 2.30. The Bertz CT molecular complexity index is 332. The summed E-state index contributed by atoms with van der Waals surface area (Å²) in [4.78, 5) is 0. The maximum absolute atomic E-state index is 3.45. The van der Waals surface area contributed by atoms with E-state index in [1.807, 2.05) is 7.05 Å². The summed E-state index contributed by atoms with van der Waals surface area (Å²) in [6.45, 7) is 9.83. The fourth-order valence-electron chi connectivity index (χ4n) is 1.88. The molecule has 1 aromatic rings. The third-order valence-electron chi connectivity index (χ3n) is 3.16. The van der Waals surface area contributed by atoms with E-state index in [4.69, 9.17) is 0 Å². The van der Waals surface area contributed by atoms with Crippen molar-refractivity contribution in [2.75, 3.05) is 26.7 Å². The van der Waals surface area contributed by atoms with Crippen molar-refractivity contribution in [3.8, 4) is 0 Å². The number of nitrogens with one attached hydrogen (secondary N) is 2. The van der Waals surface area contributed by atoms with Crippen LogP contribution >= 0.6 is 0 Å². The van der Waals surface area contributed by atoms with E-state index in [0.29, 0.717) is 5.92 Å². The van der Waals surface area contributed by atoms with Crippen LogP contribution in [0.2, 0.25) is 0 Å². The third-order valence-corrected chi connectivity index (χ3v) is 3.16. The Hall–Kier alpha value is -0.860. The summed E-state index contributed by atoms with van der Waals surface area (Å²) in [6.07, 6.45) is 1.12. The summed E-state index contributed by atoms with van der Waals surface area (Å²) in [5, 5.41) is 6.59. The molecule has 0 heterocycles. The molecule has 0 aliphatic heterocycles. The van der Waals surface area contributed by atoms with Gasteiger partial charge < -0.3 is 10.6 Å². The van der Waals surface area contributed by atoms with E-state index in [1.165, 1.54) is 16.7 Å². The lowest BCUT2D eigenvalue weighted by molar-refractivity contribution is 0.647. The molecule has 0 aliphatic carbocycles. The molecule has 0 amide bonds. The molecule has 0 unspecified atom stereocenters. The first-order valence-corrected chi connectivity index (χ1v) is 6.60. The van der Waals surface area contributed by atoms with E-state index in [0.717, 1.165) is 26.1 Å². The Morgan fingerprint density at radius 3 is 2.53 bits per heavy atom. The van der Waals surface area contributed by atoms with Crippen LogP contribution < -0.4 is 10.6 Å². The van der Waals surface area contributed by atoms with Gasteiger partial charge in [0.2, 0.25) is 0 Å². The Morgan fingerprint density at radius 1 is 1.12 bits per heavy atom. The highest BCUT2D eigenvalue weighted by atomic mass is 14.9. The highest BCUT2D eigenvalue weighted by molar-refractivity contribution is 5.32. The smallest absolute Gasteiger partial charge is 0.00767 e. The van der Waals surface area contributed by atoms with Crippen LogP contribution in [-0.4, -0.2) is 26.7 Å². The summed E-state index contributed by atoms with van der Waals surface area (Å²) in [5.41, 5.74) is 4.33. The van der Waals surface area contributed by atoms with E-state index in [9.17, 15) is 0 Å². The van der Waals surface area contributed by atoms with Gasteiger partial charge in [-0.25, -0.2) is 0 Å². The SMILES string of the molecule is CNCCNCCc1cc(C(C)C)ccc1C. The number of benzene rings is 1. The van der Waals surface area contributed by atoms with Crippen molar-refractivity contribution in [3.05, 3.63) is 34.9 Å². The number of likely N-dealkylation sites (N-methyl/N-ethyl adjacent to an activating group) is 1. The van der Waals surface area contributed by atoms with Crippen molar-refractivity contribution in [2.24, 2.45) is 0 Å². The molecule has 0 saturated heterocycles. The molecule has 0 aromatic heterocycles. The van der Waals surface area contributed by atoms with Crippen LogP contribution in [0.4, 0.5) is 0 Å². The van der Waals surface area contributed by atoms with Gasteiger partial charge >= 0.3 is 0 Å². The molecule has 2 heteroatoms. The van der Waals surface area contributed by atoms with Crippen molar-refractivity contribution in [1.29, 1.82) is 0 Å². The van der Waals surface area contributed by atoms with Crippen LogP contribution in [0.3, 0.4) is 0 Å². The summed E-state index contributed by atoms with van der Waals surface area (Å²) in [5.74, 6) is 0.617. The molecule has 17 heavy (non-hydrogen) atoms. The quantitative estimate of drug-likeness (QED) is 0.708. The third kappa shape index (κ3) is 4.88. The van der Waals surface area contributed by atoms with Gasteiger partial charge in [0.25, 0.3) is 0 Å². The lowest BCUT2D eigenvalue weighted by Gasteiger charge is -2.12. The summed E-state index contributed by atoms with van der Waals surface area (Å²) >= 11 is 0. The van der Waals surface area contributed by atoms with E-state index < -0.39 is 0 Å². The van der Waals surface area contributed by atoms with Crippen LogP contribution in [-0.2, 0) is 6.42 Å². The fourth-order valence-corrected chi connectivity index (χ4v) is 1.88. The Labute approximate surface area is 106 Å². The largest absolute Gasteiger partial charge is 0.318 e. The molecule has 1 aromatic carbocycles. The van der Waals surface area contributed by atoms with E-state index in [2.05, 4.69) is 49.6 Å². The normalized spacial score (nSPS) is 11.1. The monoisotopic (exact) mass is 234 g/mol. The van der Waals surface area contributed by atoms with Gasteiger partial charge in [-0.3, -0.25) is 0 Å². The van der Waals surface area contributed by atoms with Gasteiger partial charge in [0.05, 0.1) is 0 Å². The van der Waals surface area contributed by atoms with Crippen molar-refractivity contribution in [2.45, 2.75) is 33.1 Å². The predicted molar refractivity (Wildman–Crippen MR) is 75.8 cm³/mol. The highest BCUT2D eigenvalue weighted by Gasteiger charge is 2.03. The van der Waals surface area contributed by atoms with Crippen LogP contribution in [0.1, 0.15) is 36.5 Å². The molecule has 0 radical (unpaired) electrons. The molecule has 2 N–H and O–H groups in total. The fraction of sp³-hybridized carbons (Fsp3) is 0.600. The predicted octanol–water partition coefficient (Wildman–Crippen LogP) is 2.47. The first-order chi connectivity index (χ1) is 8.15. The minimum Gasteiger partial charge on any atom is -0.318 e. The second-order valence-corrected chi connectivity index (χ2v) is 4.94. The van der Waals surface area contributed by atoms with Gasteiger partial charge in [-0.15, -0.1) is 0 Å². The van der Waals surface area contributed by atoms with Gasteiger partial charge in [-0.05, 0) is 49.5 Å². The van der Waals surface area contributed by atoms with E-state index in [1.54, 1.807) is 0 Å². The number of hydrogen-bond donors (Lipinski definition) is 2. The summed E-state index contributed by atoms with van der Waals surface area (Å²) < 4.78 is 0. The molecule has 1 rings (SSSR count). The molecule has 0 atom stereocenters. The Kier molecular flexibility index (Phi) is 6.23. The van der Waals surface area contributed by atoms with Crippen molar-refractivity contribution in [3.63, 3.8) is 0 Å². The average molecular weight is 234 g/mol. The minimum atomic E-state index is 0.617. The lowest BCUT2D eigenvalue weighted by atomic mass is 9.96. The van der Waals surface area contributed by atoms with Gasteiger partial charge in [-0.2, -0.15) is 0 Å². The van der Waals surface area contributed by atoms with Crippen LogP contribution in [0.5, 0.6) is 0 Å². The van der Waals surface area contributed by atoms with Crippen molar-refractivity contribution >= 4 is 0 Å². The van der Waals surface area contributed by atoms with E-state index in [-0.39, 0.29) is 0 Å². The van der Waals surface area contributed by atoms with Gasteiger partial charge in [0, 0.05) is 13.1 Å². The molecule has 0 bridgehead atoms. The number of hydrogen-bond acceptors (Lipinski definition) is 2. The minimum absolute atomic E-state index is 0.617. The first-order valence-electron chi connectivity index (χ1n) is 6.60. The molecule has 96 valence electrons. The van der Waals surface area contributed by atoms with Crippen LogP contribution in [0.25, 0.3) is 0 Å². The first kappa shape index (κ1) is 14.2. The Morgan fingerprint density at radius 2 is 1.88 bits per heavy atom. The molecule has 0 aliphatic rings. The second kappa shape index (κ2) is 7.46. The Balaban J connectivity index is 2.49. The van der Waals surface area contributed by atoms with Crippen LogP contribution in [0.15, 0.2) is 18.2 Å². The molecule has 0 spiro atoms. The highest BCUT2D eigenvalue weighted by Crippen LogP contribution is 2.18. The maximum Gasteiger partial charge on any atom is 0.00767 e. The van der Waals surface area contributed by atoms with Gasteiger partial charge in [0.15, 0.2) is 0 Å². The number of rotatable bonds is 7. The zero-order chi connectivity index (χ0) is 12.7. The summed E-state index contributed by atoms with van der Waals surface area (Å²) in [6, 6.07) is 6.86. The van der Waals surface area contributed by atoms with Gasteiger partial charge in [-0.1, -0.05) is 32.0 Å². The molecular weight excluding hydrogens is 208 g/mol. The van der Waals surface area contributed by atoms with Crippen molar-refractivity contribution < 1.29 is 0 Å². The second-order valence-electron chi connectivity index (χ2n) is 4.94. The van der Waals surface area contributed by atoms with Gasteiger partial charge in [0.1, 0.15) is 0 Å². The standard InChI is InChI=1S/C15H26N2/c1-12(2)14-6-5-13(3)15(11-14)7-8-17-10-9-16-4/h5-6,11-12,16-17H,7-10H2,1-4H3. The molecule has 0 fully saturated rings. The topological polar surface area (TPSA) is 24.1 Å². The molecule has 0 saturated carbocycles. The molecule has 2 nitrogen and oxygen atoms in total. The summed E-state index contributed by atoms with van der Waals surface area (Å²) in [7, 11) is 1.98. The zero-order valence-electron chi connectivity index (χ0n) is 11.6. The molecular formula is C15H26N2. The number of aryl methyl sites for hydroxylation is 1. The lowest BCUT2D eigenvalue weighted by Crippen LogP contribution is -2.26. The van der Waals surface area contributed by atoms with Crippen LogP contribution in [0, 0.1) is 6.92 Å². The van der Waals surface area contributed by atoms with Crippen molar-refractivity contribution in [1.82, 2.24) is 10.6 Å².